The molecule has 1 aromatic rings. The maximum atomic E-state index is 12.4. The Labute approximate surface area is 121 Å². The topological polar surface area (TPSA) is 52.6 Å². The average Bonchev–Trinajstić information content (AvgIpc) is 2.43. The van der Waals surface area contributed by atoms with Crippen LogP contribution in [0.4, 0.5) is 10.5 Å². The Balaban J connectivity index is 2.73. The highest BCUT2D eigenvalue weighted by Crippen LogP contribution is 2.20. The van der Waals surface area contributed by atoms with Gasteiger partial charge in [-0.15, -0.1) is 0 Å². The standard InChI is InChI=1S/C16H26N2O2/c1-4-5-10-18(11-7-12-19)16(20)17-15-13(2)8-6-9-14(15)3/h6,8-9,19H,4-5,7,10-12H2,1-3H3,(H,17,20). The maximum Gasteiger partial charge on any atom is 0.321 e. The summed E-state index contributed by atoms with van der Waals surface area (Å²) in [4.78, 5) is 14.1. The van der Waals surface area contributed by atoms with Crippen molar-refractivity contribution in [2.75, 3.05) is 25.0 Å². The van der Waals surface area contributed by atoms with Gasteiger partial charge in [-0.2, -0.15) is 0 Å². The van der Waals surface area contributed by atoms with E-state index in [1.165, 1.54) is 0 Å². The molecule has 1 aromatic carbocycles. The number of benzene rings is 1. The van der Waals surface area contributed by atoms with Crippen LogP contribution in [0.25, 0.3) is 0 Å². The smallest absolute Gasteiger partial charge is 0.321 e. The van der Waals surface area contributed by atoms with E-state index in [-0.39, 0.29) is 12.6 Å². The van der Waals surface area contributed by atoms with E-state index in [0.29, 0.717) is 13.0 Å². The van der Waals surface area contributed by atoms with Crippen LogP contribution in [-0.4, -0.2) is 35.7 Å². The summed E-state index contributed by atoms with van der Waals surface area (Å²) in [5.41, 5.74) is 3.02. The molecule has 0 radical (unpaired) electrons. The summed E-state index contributed by atoms with van der Waals surface area (Å²) in [6, 6.07) is 5.89. The summed E-state index contributed by atoms with van der Waals surface area (Å²) in [6.45, 7) is 7.52. The summed E-state index contributed by atoms with van der Waals surface area (Å²) in [7, 11) is 0. The molecule has 0 aliphatic rings. The Morgan fingerprint density at radius 3 is 2.35 bits per heavy atom. The lowest BCUT2D eigenvalue weighted by molar-refractivity contribution is 0.201. The lowest BCUT2D eigenvalue weighted by Gasteiger charge is -2.23. The molecule has 0 atom stereocenters. The molecule has 0 aromatic heterocycles. The Morgan fingerprint density at radius 2 is 1.80 bits per heavy atom. The minimum absolute atomic E-state index is 0.0794. The lowest BCUT2D eigenvalue weighted by Crippen LogP contribution is -2.37. The van der Waals surface area contributed by atoms with Crippen LogP contribution < -0.4 is 5.32 Å². The van der Waals surface area contributed by atoms with Gasteiger partial charge in [-0.25, -0.2) is 4.79 Å². The number of aliphatic hydroxyl groups is 1. The first kappa shape index (κ1) is 16.5. The second-order valence-electron chi connectivity index (χ2n) is 5.11. The number of aliphatic hydroxyl groups excluding tert-OH is 1. The van der Waals surface area contributed by atoms with Gasteiger partial charge in [0, 0.05) is 25.4 Å². The molecule has 2 amide bonds. The first-order chi connectivity index (χ1) is 9.60. The fraction of sp³-hybridized carbons (Fsp3) is 0.562. The van der Waals surface area contributed by atoms with Gasteiger partial charge in [-0.3, -0.25) is 0 Å². The summed E-state index contributed by atoms with van der Waals surface area (Å²) in [5.74, 6) is 0. The highest BCUT2D eigenvalue weighted by molar-refractivity contribution is 5.91. The van der Waals surface area contributed by atoms with Gasteiger partial charge in [0.15, 0.2) is 0 Å². The third kappa shape index (κ3) is 4.85. The van der Waals surface area contributed by atoms with E-state index in [0.717, 1.165) is 36.2 Å². The fourth-order valence-corrected chi connectivity index (χ4v) is 2.12. The van der Waals surface area contributed by atoms with Gasteiger partial charge in [0.2, 0.25) is 0 Å². The Morgan fingerprint density at radius 1 is 1.20 bits per heavy atom. The second-order valence-corrected chi connectivity index (χ2v) is 5.11. The van der Waals surface area contributed by atoms with E-state index in [1.807, 2.05) is 32.0 Å². The molecular weight excluding hydrogens is 252 g/mol. The number of carbonyl (C=O) groups is 1. The van der Waals surface area contributed by atoms with Crippen LogP contribution in [0, 0.1) is 13.8 Å². The van der Waals surface area contributed by atoms with E-state index in [9.17, 15) is 4.79 Å². The van der Waals surface area contributed by atoms with Crippen LogP contribution in [0.2, 0.25) is 0 Å². The lowest BCUT2D eigenvalue weighted by atomic mass is 10.1. The fourth-order valence-electron chi connectivity index (χ4n) is 2.12. The Hall–Kier alpha value is -1.55. The molecule has 0 saturated heterocycles. The minimum atomic E-state index is -0.0794. The SMILES string of the molecule is CCCCN(CCCO)C(=O)Nc1c(C)cccc1C. The van der Waals surface area contributed by atoms with Crippen molar-refractivity contribution in [2.24, 2.45) is 0 Å². The number of aryl methyl sites for hydroxylation is 2. The van der Waals surface area contributed by atoms with Crippen molar-refractivity contribution < 1.29 is 9.90 Å². The molecule has 112 valence electrons. The van der Waals surface area contributed by atoms with Crippen LogP contribution in [-0.2, 0) is 0 Å². The number of unbranched alkanes of at least 4 members (excludes halogenated alkanes) is 1. The highest BCUT2D eigenvalue weighted by Gasteiger charge is 2.14. The molecule has 4 heteroatoms. The van der Waals surface area contributed by atoms with Crippen molar-refractivity contribution in [1.82, 2.24) is 4.90 Å². The first-order valence-electron chi connectivity index (χ1n) is 7.33. The number of rotatable bonds is 7. The Kier molecular flexibility index (Phi) is 7.09. The van der Waals surface area contributed by atoms with Crippen molar-refractivity contribution in [3.05, 3.63) is 29.3 Å². The third-order valence-corrected chi connectivity index (χ3v) is 3.37. The van der Waals surface area contributed by atoms with Crippen molar-refractivity contribution >= 4 is 11.7 Å². The molecule has 0 heterocycles. The summed E-state index contributed by atoms with van der Waals surface area (Å²) in [6.07, 6.45) is 2.64. The zero-order chi connectivity index (χ0) is 15.0. The van der Waals surface area contributed by atoms with E-state index < -0.39 is 0 Å². The van der Waals surface area contributed by atoms with E-state index in [2.05, 4.69) is 12.2 Å². The first-order valence-corrected chi connectivity index (χ1v) is 7.33. The molecule has 0 bridgehead atoms. The molecule has 0 aliphatic heterocycles. The van der Waals surface area contributed by atoms with E-state index >= 15 is 0 Å². The summed E-state index contributed by atoms with van der Waals surface area (Å²) < 4.78 is 0. The zero-order valence-corrected chi connectivity index (χ0v) is 12.8. The average molecular weight is 278 g/mol. The van der Waals surface area contributed by atoms with E-state index in [1.54, 1.807) is 4.90 Å². The number of carbonyl (C=O) groups excluding carboxylic acids is 1. The largest absolute Gasteiger partial charge is 0.396 e. The van der Waals surface area contributed by atoms with Crippen LogP contribution in [0.1, 0.15) is 37.3 Å². The van der Waals surface area contributed by atoms with Crippen LogP contribution in [0.3, 0.4) is 0 Å². The zero-order valence-electron chi connectivity index (χ0n) is 12.8. The Bertz CT molecular complexity index is 404. The van der Waals surface area contributed by atoms with Crippen molar-refractivity contribution in [3.8, 4) is 0 Å². The van der Waals surface area contributed by atoms with Gasteiger partial charge >= 0.3 is 6.03 Å². The quantitative estimate of drug-likeness (QED) is 0.804. The highest BCUT2D eigenvalue weighted by atomic mass is 16.3. The molecule has 0 spiro atoms. The molecule has 1 rings (SSSR count). The van der Waals surface area contributed by atoms with Gasteiger partial charge in [-0.05, 0) is 37.8 Å². The number of para-hydroxylation sites is 1. The van der Waals surface area contributed by atoms with Crippen LogP contribution in [0.15, 0.2) is 18.2 Å². The molecule has 0 aliphatic carbocycles. The third-order valence-electron chi connectivity index (χ3n) is 3.37. The van der Waals surface area contributed by atoms with Gasteiger partial charge < -0.3 is 15.3 Å². The predicted molar refractivity (Wildman–Crippen MR) is 83.1 cm³/mol. The van der Waals surface area contributed by atoms with Gasteiger partial charge in [0.1, 0.15) is 0 Å². The monoisotopic (exact) mass is 278 g/mol. The van der Waals surface area contributed by atoms with Crippen LogP contribution >= 0.6 is 0 Å². The molecule has 0 saturated carbocycles. The number of urea groups is 1. The number of nitrogens with one attached hydrogen (secondary N) is 1. The van der Waals surface area contributed by atoms with Gasteiger partial charge in [0.25, 0.3) is 0 Å². The molecule has 0 unspecified atom stereocenters. The van der Waals surface area contributed by atoms with Crippen molar-refractivity contribution in [3.63, 3.8) is 0 Å². The molecule has 2 N–H and O–H groups in total. The molecule has 0 fully saturated rings. The number of amides is 2. The number of hydrogen-bond acceptors (Lipinski definition) is 2. The molecule has 20 heavy (non-hydrogen) atoms. The molecular formula is C16H26N2O2. The summed E-state index contributed by atoms with van der Waals surface area (Å²) >= 11 is 0. The van der Waals surface area contributed by atoms with Crippen LogP contribution in [0.5, 0.6) is 0 Å². The van der Waals surface area contributed by atoms with Gasteiger partial charge in [-0.1, -0.05) is 31.5 Å². The minimum Gasteiger partial charge on any atom is -0.396 e. The maximum absolute atomic E-state index is 12.4. The number of hydrogen-bond donors (Lipinski definition) is 2. The predicted octanol–water partition coefficient (Wildman–Crippen LogP) is 3.32. The number of nitrogens with zero attached hydrogens (tertiary/aromatic N) is 1. The van der Waals surface area contributed by atoms with E-state index in [4.69, 9.17) is 5.11 Å². The molecule has 4 nitrogen and oxygen atoms in total. The van der Waals surface area contributed by atoms with Crippen molar-refractivity contribution in [1.29, 1.82) is 0 Å². The number of anilines is 1. The summed E-state index contributed by atoms with van der Waals surface area (Å²) in [5, 5.41) is 11.9. The normalized spacial score (nSPS) is 10.4. The second kappa shape index (κ2) is 8.59. The van der Waals surface area contributed by atoms with Gasteiger partial charge in [0.05, 0.1) is 0 Å². The van der Waals surface area contributed by atoms with Crippen molar-refractivity contribution in [2.45, 2.75) is 40.0 Å².